The van der Waals surface area contributed by atoms with Gasteiger partial charge in [0.2, 0.25) is 0 Å². The van der Waals surface area contributed by atoms with E-state index in [1.807, 2.05) is 24.3 Å². The molecule has 1 N–H and O–H groups in total. The monoisotopic (exact) mass is 589 g/mol. The van der Waals surface area contributed by atoms with Crippen LogP contribution in [-0.4, -0.2) is 60.2 Å². The molecule has 8 heteroatoms. The molecule has 4 rings (SSSR count). The summed E-state index contributed by atoms with van der Waals surface area (Å²) in [6.07, 6.45) is 4.23. The molecule has 1 aliphatic rings. The van der Waals surface area contributed by atoms with E-state index in [1.54, 1.807) is 31.0 Å². The summed E-state index contributed by atoms with van der Waals surface area (Å²) in [5, 5.41) is 9.88. The third-order valence-corrected chi connectivity index (χ3v) is 8.35. The first-order valence-corrected chi connectivity index (χ1v) is 15.2. The van der Waals surface area contributed by atoms with Crippen molar-refractivity contribution < 1.29 is 23.8 Å². The third kappa shape index (κ3) is 8.12. The lowest BCUT2D eigenvalue weighted by Crippen LogP contribution is -2.39. The molecule has 1 aromatic heterocycles. The van der Waals surface area contributed by atoms with E-state index in [1.165, 1.54) is 12.1 Å². The Labute approximate surface area is 254 Å². The van der Waals surface area contributed by atoms with Crippen molar-refractivity contribution in [3.05, 3.63) is 76.9 Å². The molecule has 0 unspecified atom stereocenters. The number of rotatable bonds is 12. The first-order valence-electron chi connectivity index (χ1n) is 15.2. The SMILES string of the molecule is CCCCN(C)C(=O)c1nc(C)c(CC(=O)O)c(N2CCC(C)(C)CC2)c1-c1ccc(OCCc2ccc(F)cc2)cc1. The number of carboxylic acid groups (broad SMARTS) is 1. The molecule has 0 bridgehead atoms. The lowest BCUT2D eigenvalue weighted by Gasteiger charge is -2.40. The van der Waals surface area contributed by atoms with E-state index < -0.39 is 5.97 Å². The van der Waals surface area contributed by atoms with Crippen LogP contribution in [-0.2, 0) is 17.6 Å². The zero-order valence-electron chi connectivity index (χ0n) is 26.1. The maximum absolute atomic E-state index is 13.9. The maximum atomic E-state index is 13.9. The molecule has 0 aliphatic carbocycles. The van der Waals surface area contributed by atoms with Gasteiger partial charge in [-0.1, -0.05) is 51.5 Å². The van der Waals surface area contributed by atoms with Gasteiger partial charge in [-0.05, 0) is 67.0 Å². The maximum Gasteiger partial charge on any atom is 0.307 e. The number of amides is 1. The highest BCUT2D eigenvalue weighted by atomic mass is 19.1. The number of nitrogens with zero attached hydrogens (tertiary/aromatic N) is 3. The summed E-state index contributed by atoms with van der Waals surface area (Å²) >= 11 is 0. The highest BCUT2D eigenvalue weighted by Gasteiger charge is 2.32. The Morgan fingerprint density at radius 1 is 1.07 bits per heavy atom. The second-order valence-electron chi connectivity index (χ2n) is 12.3. The molecule has 2 aromatic carbocycles. The van der Waals surface area contributed by atoms with Crippen LogP contribution in [0, 0.1) is 18.2 Å². The van der Waals surface area contributed by atoms with Gasteiger partial charge in [-0.2, -0.15) is 0 Å². The van der Waals surface area contributed by atoms with Gasteiger partial charge in [-0.15, -0.1) is 0 Å². The van der Waals surface area contributed by atoms with Gasteiger partial charge in [0.1, 0.15) is 17.3 Å². The first-order chi connectivity index (χ1) is 20.5. The van der Waals surface area contributed by atoms with Gasteiger partial charge >= 0.3 is 5.97 Å². The minimum Gasteiger partial charge on any atom is -0.493 e. The number of aryl methyl sites for hydroxylation is 1. The number of ether oxygens (including phenoxy) is 1. The molecular formula is C35H44FN3O4. The Balaban J connectivity index is 1.75. The molecule has 0 radical (unpaired) electrons. The summed E-state index contributed by atoms with van der Waals surface area (Å²) in [5.74, 6) is -0.699. The van der Waals surface area contributed by atoms with Crippen molar-refractivity contribution >= 4 is 17.6 Å². The van der Waals surface area contributed by atoms with Crippen LogP contribution in [0.25, 0.3) is 11.1 Å². The predicted octanol–water partition coefficient (Wildman–Crippen LogP) is 6.94. The number of carboxylic acids is 1. The van der Waals surface area contributed by atoms with Crippen LogP contribution in [0.15, 0.2) is 48.5 Å². The number of aliphatic carboxylic acids is 1. The van der Waals surface area contributed by atoms with Crippen LogP contribution in [0.5, 0.6) is 5.75 Å². The highest BCUT2D eigenvalue weighted by Crippen LogP contribution is 2.42. The van der Waals surface area contributed by atoms with Crippen LogP contribution < -0.4 is 9.64 Å². The van der Waals surface area contributed by atoms with Crippen LogP contribution in [0.3, 0.4) is 0 Å². The van der Waals surface area contributed by atoms with Crippen molar-refractivity contribution in [2.45, 2.75) is 66.2 Å². The minimum absolute atomic E-state index is 0.174. The second-order valence-corrected chi connectivity index (χ2v) is 12.3. The zero-order chi connectivity index (χ0) is 31.1. The summed E-state index contributed by atoms with van der Waals surface area (Å²) < 4.78 is 19.2. The van der Waals surface area contributed by atoms with E-state index in [9.17, 15) is 19.1 Å². The number of unbranched alkanes of at least 4 members (excludes halogenated alkanes) is 1. The van der Waals surface area contributed by atoms with E-state index in [4.69, 9.17) is 9.72 Å². The average Bonchev–Trinajstić information content (AvgIpc) is 2.97. The molecule has 43 heavy (non-hydrogen) atoms. The van der Waals surface area contributed by atoms with E-state index in [-0.39, 0.29) is 23.6 Å². The Kier molecular flexibility index (Phi) is 10.4. The van der Waals surface area contributed by atoms with Crippen molar-refractivity contribution in [3.63, 3.8) is 0 Å². The van der Waals surface area contributed by atoms with Gasteiger partial charge in [0.15, 0.2) is 0 Å². The molecule has 7 nitrogen and oxygen atoms in total. The van der Waals surface area contributed by atoms with Crippen LogP contribution >= 0.6 is 0 Å². The normalized spacial score (nSPS) is 14.4. The van der Waals surface area contributed by atoms with Crippen molar-refractivity contribution in [2.75, 3.05) is 38.2 Å². The lowest BCUT2D eigenvalue weighted by molar-refractivity contribution is -0.136. The van der Waals surface area contributed by atoms with Crippen LogP contribution in [0.1, 0.15) is 73.8 Å². The number of benzene rings is 2. The van der Waals surface area contributed by atoms with Crippen molar-refractivity contribution in [1.29, 1.82) is 0 Å². The molecular weight excluding hydrogens is 545 g/mol. The molecule has 0 saturated carbocycles. The topological polar surface area (TPSA) is 83.0 Å². The van der Waals surface area contributed by atoms with Crippen LogP contribution in [0.4, 0.5) is 10.1 Å². The number of hydrogen-bond acceptors (Lipinski definition) is 5. The molecule has 1 saturated heterocycles. The van der Waals surface area contributed by atoms with Gasteiger partial charge in [-0.3, -0.25) is 9.59 Å². The van der Waals surface area contributed by atoms with E-state index in [0.717, 1.165) is 55.6 Å². The van der Waals surface area contributed by atoms with Gasteiger partial charge < -0.3 is 19.6 Å². The van der Waals surface area contributed by atoms with Gasteiger partial charge in [0.25, 0.3) is 5.91 Å². The number of carbonyl (C=O) groups is 2. The summed E-state index contributed by atoms with van der Waals surface area (Å²) in [6, 6.07) is 14.0. The Morgan fingerprint density at radius 2 is 1.72 bits per heavy atom. The van der Waals surface area contributed by atoms with E-state index >= 15 is 0 Å². The number of anilines is 1. The molecule has 1 amide bonds. The summed E-state index contributed by atoms with van der Waals surface area (Å²) in [4.78, 5) is 34.7. The van der Waals surface area contributed by atoms with Gasteiger partial charge in [-0.25, -0.2) is 9.37 Å². The van der Waals surface area contributed by atoms with E-state index in [0.29, 0.717) is 47.8 Å². The number of pyridine rings is 1. The van der Waals surface area contributed by atoms with Crippen molar-refractivity contribution in [1.82, 2.24) is 9.88 Å². The Bertz CT molecular complexity index is 1410. The number of carbonyl (C=O) groups excluding carboxylic acids is 1. The molecule has 0 spiro atoms. The number of hydrogen-bond donors (Lipinski definition) is 1. The molecule has 1 fully saturated rings. The summed E-state index contributed by atoms with van der Waals surface area (Å²) in [7, 11) is 1.80. The molecule has 230 valence electrons. The first kappa shape index (κ1) is 32.0. The minimum atomic E-state index is -0.932. The van der Waals surface area contributed by atoms with Gasteiger partial charge in [0.05, 0.1) is 18.7 Å². The molecule has 1 aliphatic heterocycles. The van der Waals surface area contributed by atoms with E-state index in [2.05, 4.69) is 25.7 Å². The highest BCUT2D eigenvalue weighted by molar-refractivity contribution is 6.03. The molecule has 2 heterocycles. The fourth-order valence-corrected chi connectivity index (χ4v) is 5.53. The largest absolute Gasteiger partial charge is 0.493 e. The quantitative estimate of drug-likeness (QED) is 0.246. The Hall–Kier alpha value is -3.94. The number of halogens is 1. The second kappa shape index (κ2) is 14.0. The third-order valence-electron chi connectivity index (χ3n) is 8.35. The molecule has 0 atom stereocenters. The average molecular weight is 590 g/mol. The summed E-state index contributed by atoms with van der Waals surface area (Å²) in [6.45, 7) is 11.0. The standard InChI is InChI=1S/C35H44FN3O4/c1-6-7-19-38(5)34(42)32-31(26-10-14-28(15-11-26)43-22-16-25-8-12-27(36)13-9-25)33(29(23-30(40)41)24(2)37-32)39-20-17-35(3,4)18-21-39/h8-15H,6-7,16-23H2,1-5H3,(H,40,41). The molecule has 3 aromatic rings. The van der Waals surface area contributed by atoms with Crippen LogP contribution in [0.2, 0.25) is 0 Å². The summed E-state index contributed by atoms with van der Waals surface area (Å²) in [5.41, 5.74) is 4.99. The number of aromatic nitrogens is 1. The predicted molar refractivity (Wildman–Crippen MR) is 168 cm³/mol. The number of piperidine rings is 1. The smallest absolute Gasteiger partial charge is 0.307 e. The van der Waals surface area contributed by atoms with Gasteiger partial charge in [0, 0.05) is 49.9 Å². The fourth-order valence-electron chi connectivity index (χ4n) is 5.53. The fraction of sp³-hybridized carbons (Fsp3) is 0.457. The van der Waals surface area contributed by atoms with Crippen molar-refractivity contribution in [3.8, 4) is 16.9 Å². The zero-order valence-corrected chi connectivity index (χ0v) is 26.1. The van der Waals surface area contributed by atoms with Crippen molar-refractivity contribution in [2.24, 2.45) is 5.41 Å². The Morgan fingerprint density at radius 3 is 2.33 bits per heavy atom. The lowest BCUT2D eigenvalue weighted by atomic mass is 9.82.